The summed E-state index contributed by atoms with van der Waals surface area (Å²) < 4.78 is 2.99. The highest BCUT2D eigenvalue weighted by Crippen LogP contribution is 2.23. The molecule has 16 heavy (non-hydrogen) atoms. The van der Waals surface area contributed by atoms with Gasteiger partial charge in [-0.05, 0) is 12.1 Å². The topological polar surface area (TPSA) is 38.0 Å². The molecule has 0 aliphatic carbocycles. The van der Waals surface area contributed by atoms with Crippen LogP contribution < -0.4 is 0 Å². The molecule has 1 heterocycles. The molecule has 0 bridgehead atoms. The van der Waals surface area contributed by atoms with Crippen LogP contribution in [0.5, 0.6) is 0 Å². The van der Waals surface area contributed by atoms with Gasteiger partial charge in [0, 0.05) is 28.4 Å². The van der Waals surface area contributed by atoms with E-state index in [1.54, 1.807) is 0 Å². The maximum absolute atomic E-state index is 9.27. The van der Waals surface area contributed by atoms with Gasteiger partial charge < -0.3 is 5.11 Å². The molecule has 1 N–H and O–H groups in total. The van der Waals surface area contributed by atoms with E-state index in [0.29, 0.717) is 6.54 Å². The van der Waals surface area contributed by atoms with Crippen LogP contribution in [0.15, 0.2) is 28.9 Å². The minimum absolute atomic E-state index is 0.152. The molecular weight excluding hydrogens is 268 g/mol. The molecule has 1 aromatic heterocycles. The van der Waals surface area contributed by atoms with Crippen LogP contribution in [0.25, 0.3) is 10.9 Å². The van der Waals surface area contributed by atoms with Gasteiger partial charge in [0.05, 0.1) is 11.7 Å². The monoisotopic (exact) mass is 282 g/mol. The van der Waals surface area contributed by atoms with Gasteiger partial charge in [-0.25, -0.2) is 0 Å². The zero-order valence-corrected chi connectivity index (χ0v) is 11.0. The van der Waals surface area contributed by atoms with Crippen molar-refractivity contribution < 1.29 is 5.11 Å². The number of halogens is 1. The average molecular weight is 283 g/mol. The second-order valence-electron chi connectivity index (χ2n) is 4.83. The molecule has 0 unspecified atom stereocenters. The summed E-state index contributed by atoms with van der Waals surface area (Å²) in [6.45, 7) is 4.92. The zero-order valence-electron chi connectivity index (χ0n) is 9.44. The summed E-state index contributed by atoms with van der Waals surface area (Å²) in [5, 5.41) is 14.7. The summed E-state index contributed by atoms with van der Waals surface area (Å²) >= 11 is 3.46. The normalized spacial score (nSPS) is 12.2. The predicted molar refractivity (Wildman–Crippen MR) is 68.3 cm³/mol. The third-order valence-corrected chi connectivity index (χ3v) is 3.11. The molecule has 4 heteroatoms. The van der Waals surface area contributed by atoms with Gasteiger partial charge in [-0.3, -0.25) is 4.68 Å². The number of nitrogens with zero attached hydrogens (tertiary/aromatic N) is 2. The van der Waals surface area contributed by atoms with E-state index in [9.17, 15) is 5.11 Å². The Kier molecular flexibility index (Phi) is 3.04. The van der Waals surface area contributed by atoms with Gasteiger partial charge in [0.1, 0.15) is 0 Å². The number of aliphatic hydroxyl groups excluding tert-OH is 1. The van der Waals surface area contributed by atoms with Crippen LogP contribution in [0.3, 0.4) is 0 Å². The van der Waals surface area contributed by atoms with Gasteiger partial charge in [0.2, 0.25) is 0 Å². The molecular formula is C12H15BrN2O. The highest BCUT2D eigenvalue weighted by Gasteiger charge is 2.18. The molecule has 0 amide bonds. The van der Waals surface area contributed by atoms with Crippen molar-refractivity contribution in [3.05, 3.63) is 28.9 Å². The molecule has 0 fully saturated rings. The number of hydrogen-bond donors (Lipinski definition) is 1. The molecule has 2 rings (SSSR count). The number of rotatable bonds is 3. The molecule has 0 radical (unpaired) electrons. The lowest BCUT2D eigenvalue weighted by molar-refractivity contribution is 0.138. The summed E-state index contributed by atoms with van der Waals surface area (Å²) in [6, 6.07) is 6.09. The van der Waals surface area contributed by atoms with Crippen LogP contribution >= 0.6 is 15.9 Å². The summed E-state index contributed by atoms with van der Waals surface area (Å²) in [5.41, 5.74) is 0.942. The summed E-state index contributed by atoms with van der Waals surface area (Å²) in [5.74, 6) is 0. The van der Waals surface area contributed by atoms with Crippen molar-refractivity contribution in [3.8, 4) is 0 Å². The SMILES string of the molecule is CC(C)(CO)Cn1ncc2ccc(Br)cc21. The Morgan fingerprint density at radius 2 is 2.19 bits per heavy atom. The second kappa shape index (κ2) is 4.18. The first kappa shape index (κ1) is 11.6. The lowest BCUT2D eigenvalue weighted by Crippen LogP contribution is -2.24. The standard InChI is InChI=1S/C12H15BrN2O/c1-12(2,8-16)7-15-11-5-10(13)4-3-9(11)6-14-15/h3-6,16H,7-8H2,1-2H3. The lowest BCUT2D eigenvalue weighted by atomic mass is 9.95. The van der Waals surface area contributed by atoms with Crippen molar-refractivity contribution in [2.75, 3.05) is 6.61 Å². The summed E-state index contributed by atoms with van der Waals surface area (Å²) in [7, 11) is 0. The highest BCUT2D eigenvalue weighted by molar-refractivity contribution is 9.10. The van der Waals surface area contributed by atoms with Crippen molar-refractivity contribution in [1.29, 1.82) is 0 Å². The van der Waals surface area contributed by atoms with Crippen LogP contribution in [-0.4, -0.2) is 21.5 Å². The van der Waals surface area contributed by atoms with Gasteiger partial charge in [-0.1, -0.05) is 35.8 Å². The summed E-state index contributed by atoms with van der Waals surface area (Å²) in [6.07, 6.45) is 1.86. The first-order valence-electron chi connectivity index (χ1n) is 5.24. The maximum Gasteiger partial charge on any atom is 0.0693 e. The van der Waals surface area contributed by atoms with E-state index in [1.165, 1.54) is 0 Å². The van der Waals surface area contributed by atoms with E-state index in [2.05, 4.69) is 27.1 Å². The fraction of sp³-hybridized carbons (Fsp3) is 0.417. The highest BCUT2D eigenvalue weighted by atomic mass is 79.9. The molecule has 3 nitrogen and oxygen atoms in total. The van der Waals surface area contributed by atoms with Crippen molar-refractivity contribution in [3.63, 3.8) is 0 Å². The Bertz CT molecular complexity index is 505. The molecule has 1 aromatic carbocycles. The van der Waals surface area contributed by atoms with Crippen LogP contribution in [0.4, 0.5) is 0 Å². The number of fused-ring (bicyclic) bond motifs is 1. The van der Waals surface area contributed by atoms with Crippen LogP contribution in [0.2, 0.25) is 0 Å². The number of hydrogen-bond acceptors (Lipinski definition) is 2. The van der Waals surface area contributed by atoms with Gasteiger partial charge in [0.15, 0.2) is 0 Å². The van der Waals surface area contributed by atoms with Crippen LogP contribution in [0, 0.1) is 5.41 Å². The average Bonchev–Trinajstić information content (AvgIpc) is 2.61. The van der Waals surface area contributed by atoms with Crippen molar-refractivity contribution in [1.82, 2.24) is 9.78 Å². The second-order valence-corrected chi connectivity index (χ2v) is 5.74. The van der Waals surface area contributed by atoms with E-state index in [1.807, 2.05) is 36.9 Å². The Morgan fingerprint density at radius 3 is 2.88 bits per heavy atom. The molecule has 0 saturated heterocycles. The lowest BCUT2D eigenvalue weighted by Gasteiger charge is -2.21. The first-order chi connectivity index (χ1) is 7.52. The molecule has 0 spiro atoms. The van der Waals surface area contributed by atoms with Gasteiger partial charge >= 0.3 is 0 Å². The molecule has 0 atom stereocenters. The fourth-order valence-electron chi connectivity index (χ4n) is 1.63. The van der Waals surface area contributed by atoms with E-state index < -0.39 is 0 Å². The van der Waals surface area contributed by atoms with Gasteiger partial charge in [0.25, 0.3) is 0 Å². The van der Waals surface area contributed by atoms with Crippen LogP contribution in [0.1, 0.15) is 13.8 Å². The molecule has 2 aromatic rings. The van der Waals surface area contributed by atoms with Crippen molar-refractivity contribution >= 4 is 26.8 Å². The van der Waals surface area contributed by atoms with Gasteiger partial charge in [-0.15, -0.1) is 0 Å². The minimum atomic E-state index is -0.152. The zero-order chi connectivity index (χ0) is 11.8. The largest absolute Gasteiger partial charge is 0.396 e. The van der Waals surface area contributed by atoms with E-state index >= 15 is 0 Å². The van der Waals surface area contributed by atoms with E-state index in [-0.39, 0.29) is 12.0 Å². The van der Waals surface area contributed by atoms with Gasteiger partial charge in [-0.2, -0.15) is 5.10 Å². The molecule has 0 aliphatic heterocycles. The Morgan fingerprint density at radius 1 is 1.44 bits per heavy atom. The quantitative estimate of drug-likeness (QED) is 0.940. The third-order valence-electron chi connectivity index (χ3n) is 2.61. The predicted octanol–water partition coefficient (Wildman–Crippen LogP) is 2.82. The Balaban J connectivity index is 2.41. The Hall–Kier alpha value is -0.870. The van der Waals surface area contributed by atoms with Crippen LogP contribution in [-0.2, 0) is 6.54 Å². The first-order valence-corrected chi connectivity index (χ1v) is 6.03. The smallest absolute Gasteiger partial charge is 0.0693 e. The van der Waals surface area contributed by atoms with E-state index in [0.717, 1.165) is 15.4 Å². The molecule has 86 valence electrons. The van der Waals surface area contributed by atoms with E-state index in [4.69, 9.17) is 0 Å². The third kappa shape index (κ3) is 2.28. The van der Waals surface area contributed by atoms with Crippen molar-refractivity contribution in [2.45, 2.75) is 20.4 Å². The number of aromatic nitrogens is 2. The Labute approximate surface area is 103 Å². The molecule has 0 aliphatic rings. The minimum Gasteiger partial charge on any atom is -0.396 e. The van der Waals surface area contributed by atoms with Crippen molar-refractivity contribution in [2.24, 2.45) is 5.41 Å². The fourth-order valence-corrected chi connectivity index (χ4v) is 1.97. The molecule has 0 saturated carbocycles. The number of benzene rings is 1. The number of aliphatic hydroxyl groups is 1. The summed E-state index contributed by atoms with van der Waals surface area (Å²) in [4.78, 5) is 0. The maximum atomic E-state index is 9.27.